The normalized spacial score (nSPS) is 12.1. The fraction of sp³-hybridized carbons (Fsp3) is 0.562. The molecule has 1 amide bonds. The summed E-state index contributed by atoms with van der Waals surface area (Å²) in [5.41, 5.74) is 6.49. The number of amides is 1. The molecule has 1 unspecified atom stereocenters. The Morgan fingerprint density at radius 3 is 2.55 bits per heavy atom. The van der Waals surface area contributed by atoms with E-state index in [4.69, 9.17) is 5.73 Å². The Labute approximate surface area is 121 Å². The lowest BCUT2D eigenvalue weighted by molar-refractivity contribution is -0.121. The van der Waals surface area contributed by atoms with Crippen molar-refractivity contribution in [1.29, 1.82) is 0 Å². The minimum atomic E-state index is -0.529. The fourth-order valence-electron chi connectivity index (χ4n) is 2.06. The number of hydrogen-bond donors (Lipinski definition) is 3. The number of nitrogens with two attached hydrogens (primary N) is 1. The van der Waals surface area contributed by atoms with Crippen LogP contribution in [-0.4, -0.2) is 30.2 Å². The molecule has 1 atom stereocenters. The highest BCUT2D eigenvalue weighted by Crippen LogP contribution is 2.04. The van der Waals surface area contributed by atoms with Gasteiger partial charge in [0.05, 0.1) is 6.10 Å². The van der Waals surface area contributed by atoms with Gasteiger partial charge in [-0.05, 0) is 24.9 Å². The Morgan fingerprint density at radius 1 is 1.15 bits per heavy atom. The predicted octanol–water partition coefficient (Wildman–Crippen LogP) is 1.62. The zero-order chi connectivity index (χ0) is 14.6. The van der Waals surface area contributed by atoms with Crippen molar-refractivity contribution in [2.75, 3.05) is 13.1 Å². The number of unbranched alkanes of at least 4 members (excludes halogenated alkanes) is 3. The summed E-state index contributed by atoms with van der Waals surface area (Å²) in [6.07, 6.45) is 4.61. The van der Waals surface area contributed by atoms with Gasteiger partial charge in [0.1, 0.15) is 0 Å². The lowest BCUT2D eigenvalue weighted by Gasteiger charge is -2.12. The number of hydrogen-bond acceptors (Lipinski definition) is 3. The first kappa shape index (κ1) is 16.7. The van der Waals surface area contributed by atoms with E-state index in [2.05, 4.69) is 5.32 Å². The van der Waals surface area contributed by atoms with Crippen LogP contribution in [0.25, 0.3) is 0 Å². The van der Waals surface area contributed by atoms with Crippen LogP contribution in [0.5, 0.6) is 0 Å². The Hall–Kier alpha value is -1.39. The van der Waals surface area contributed by atoms with E-state index in [9.17, 15) is 9.90 Å². The molecule has 0 aliphatic heterocycles. The molecule has 0 aromatic heterocycles. The number of benzene rings is 1. The van der Waals surface area contributed by atoms with Gasteiger partial charge in [-0.1, -0.05) is 43.2 Å². The molecule has 0 radical (unpaired) electrons. The van der Waals surface area contributed by atoms with E-state index in [0.717, 1.165) is 37.8 Å². The first-order chi connectivity index (χ1) is 9.72. The van der Waals surface area contributed by atoms with E-state index in [-0.39, 0.29) is 5.91 Å². The molecule has 0 aliphatic carbocycles. The number of carbonyl (C=O) groups excluding carboxylic acids is 1. The third-order valence-electron chi connectivity index (χ3n) is 3.21. The third kappa shape index (κ3) is 7.92. The van der Waals surface area contributed by atoms with Gasteiger partial charge < -0.3 is 16.2 Å². The van der Waals surface area contributed by atoms with Crippen LogP contribution < -0.4 is 11.1 Å². The molecule has 20 heavy (non-hydrogen) atoms. The van der Waals surface area contributed by atoms with Gasteiger partial charge in [-0.25, -0.2) is 0 Å². The maximum absolute atomic E-state index is 11.6. The van der Waals surface area contributed by atoms with Crippen LogP contribution in [-0.2, 0) is 11.2 Å². The summed E-state index contributed by atoms with van der Waals surface area (Å²) in [6, 6.07) is 9.79. The maximum Gasteiger partial charge on any atom is 0.220 e. The Balaban J connectivity index is 2.08. The van der Waals surface area contributed by atoms with E-state index < -0.39 is 6.10 Å². The van der Waals surface area contributed by atoms with Gasteiger partial charge in [-0.2, -0.15) is 0 Å². The van der Waals surface area contributed by atoms with Crippen molar-refractivity contribution < 1.29 is 9.90 Å². The van der Waals surface area contributed by atoms with Crippen LogP contribution in [0.2, 0.25) is 0 Å². The molecular weight excluding hydrogens is 252 g/mol. The van der Waals surface area contributed by atoms with Crippen molar-refractivity contribution in [1.82, 2.24) is 5.32 Å². The van der Waals surface area contributed by atoms with Gasteiger partial charge in [-0.3, -0.25) is 4.79 Å². The number of nitrogens with one attached hydrogen (secondary N) is 1. The van der Waals surface area contributed by atoms with Gasteiger partial charge in [-0.15, -0.1) is 0 Å². The van der Waals surface area contributed by atoms with Gasteiger partial charge in [0.25, 0.3) is 0 Å². The molecule has 0 saturated carbocycles. The molecule has 0 heterocycles. The Kier molecular flexibility index (Phi) is 8.67. The standard InChI is InChI=1S/C16H26N2O2/c17-11-7-2-1-6-10-16(20)18-13-15(19)12-14-8-4-3-5-9-14/h3-5,8-9,15,19H,1-2,6-7,10-13,17H2,(H,18,20). The summed E-state index contributed by atoms with van der Waals surface area (Å²) in [7, 11) is 0. The summed E-state index contributed by atoms with van der Waals surface area (Å²) >= 11 is 0. The third-order valence-corrected chi connectivity index (χ3v) is 3.21. The molecule has 1 rings (SSSR count). The number of carbonyl (C=O) groups is 1. The second-order valence-electron chi connectivity index (χ2n) is 5.10. The second-order valence-corrected chi connectivity index (χ2v) is 5.10. The van der Waals surface area contributed by atoms with Crippen LogP contribution in [0.15, 0.2) is 30.3 Å². The minimum absolute atomic E-state index is 0.0184. The molecule has 4 nitrogen and oxygen atoms in total. The average Bonchev–Trinajstić information content (AvgIpc) is 2.46. The average molecular weight is 278 g/mol. The lowest BCUT2D eigenvalue weighted by atomic mass is 10.1. The monoisotopic (exact) mass is 278 g/mol. The van der Waals surface area contributed by atoms with Crippen molar-refractivity contribution in [3.8, 4) is 0 Å². The molecule has 0 saturated heterocycles. The molecular formula is C16H26N2O2. The first-order valence-corrected chi connectivity index (χ1v) is 7.41. The molecule has 1 aromatic carbocycles. The molecule has 1 aromatic rings. The lowest BCUT2D eigenvalue weighted by Crippen LogP contribution is -2.33. The van der Waals surface area contributed by atoms with E-state index in [0.29, 0.717) is 19.4 Å². The van der Waals surface area contributed by atoms with Crippen LogP contribution in [0.1, 0.15) is 37.7 Å². The fourth-order valence-corrected chi connectivity index (χ4v) is 2.06. The van der Waals surface area contributed by atoms with E-state index in [1.807, 2.05) is 30.3 Å². The van der Waals surface area contributed by atoms with E-state index in [1.54, 1.807) is 0 Å². The minimum Gasteiger partial charge on any atom is -0.391 e. The van der Waals surface area contributed by atoms with Gasteiger partial charge in [0.2, 0.25) is 5.91 Å². The SMILES string of the molecule is NCCCCCCC(=O)NCC(O)Cc1ccccc1. The van der Waals surface area contributed by atoms with Crippen molar-refractivity contribution in [3.05, 3.63) is 35.9 Å². The van der Waals surface area contributed by atoms with Crippen LogP contribution in [0.3, 0.4) is 0 Å². The Morgan fingerprint density at radius 2 is 1.85 bits per heavy atom. The summed E-state index contributed by atoms with van der Waals surface area (Å²) in [5.74, 6) is 0.0184. The second kappa shape index (κ2) is 10.4. The highest BCUT2D eigenvalue weighted by Gasteiger charge is 2.07. The van der Waals surface area contributed by atoms with Gasteiger partial charge in [0, 0.05) is 19.4 Å². The summed E-state index contributed by atoms with van der Waals surface area (Å²) in [5, 5.41) is 12.6. The van der Waals surface area contributed by atoms with Gasteiger partial charge in [0.15, 0.2) is 0 Å². The largest absolute Gasteiger partial charge is 0.391 e. The summed E-state index contributed by atoms with van der Waals surface area (Å²) in [4.78, 5) is 11.6. The highest BCUT2D eigenvalue weighted by molar-refractivity contribution is 5.75. The molecule has 4 heteroatoms. The highest BCUT2D eigenvalue weighted by atomic mass is 16.3. The quantitative estimate of drug-likeness (QED) is 0.569. The van der Waals surface area contributed by atoms with Crippen LogP contribution in [0.4, 0.5) is 0 Å². The van der Waals surface area contributed by atoms with Crippen molar-refractivity contribution in [2.45, 2.75) is 44.6 Å². The number of aliphatic hydroxyl groups excluding tert-OH is 1. The van der Waals surface area contributed by atoms with E-state index >= 15 is 0 Å². The van der Waals surface area contributed by atoms with E-state index in [1.165, 1.54) is 0 Å². The molecule has 0 fully saturated rings. The van der Waals surface area contributed by atoms with Crippen molar-refractivity contribution in [3.63, 3.8) is 0 Å². The first-order valence-electron chi connectivity index (χ1n) is 7.41. The molecule has 0 bridgehead atoms. The zero-order valence-electron chi connectivity index (χ0n) is 12.1. The molecule has 4 N–H and O–H groups in total. The number of rotatable bonds is 10. The molecule has 0 spiro atoms. The van der Waals surface area contributed by atoms with Crippen molar-refractivity contribution >= 4 is 5.91 Å². The van der Waals surface area contributed by atoms with Crippen molar-refractivity contribution in [2.24, 2.45) is 5.73 Å². The van der Waals surface area contributed by atoms with Crippen LogP contribution in [0, 0.1) is 0 Å². The zero-order valence-corrected chi connectivity index (χ0v) is 12.1. The maximum atomic E-state index is 11.6. The topological polar surface area (TPSA) is 75.4 Å². The summed E-state index contributed by atoms with van der Waals surface area (Å²) in [6.45, 7) is 1.04. The molecule has 112 valence electrons. The smallest absolute Gasteiger partial charge is 0.220 e. The predicted molar refractivity (Wildman–Crippen MR) is 81.3 cm³/mol. The Bertz CT molecular complexity index is 368. The number of aliphatic hydroxyl groups is 1. The van der Waals surface area contributed by atoms with Gasteiger partial charge >= 0.3 is 0 Å². The molecule has 0 aliphatic rings. The summed E-state index contributed by atoms with van der Waals surface area (Å²) < 4.78 is 0. The van der Waals surface area contributed by atoms with Crippen LogP contribution >= 0.6 is 0 Å².